The number of para-hydroxylation sites is 5. The van der Waals surface area contributed by atoms with Gasteiger partial charge in [-0.15, -0.1) is 0 Å². The molecule has 0 aliphatic rings. The third-order valence-corrected chi connectivity index (χ3v) is 12.5. The number of rotatable bonds is 6. The molecule has 9 aromatic carbocycles. The summed E-state index contributed by atoms with van der Waals surface area (Å²) in [7, 11) is 0. The molecule has 6 heteroatoms. The van der Waals surface area contributed by atoms with Crippen LogP contribution in [0.15, 0.2) is 218 Å². The van der Waals surface area contributed by atoms with Crippen LogP contribution in [0.3, 0.4) is 0 Å². The first-order valence-electron chi connectivity index (χ1n) is 21.3. The Kier molecular flexibility index (Phi) is 7.80. The topological polar surface area (TPSA) is 53.5 Å². The Morgan fingerprint density at radius 3 is 0.968 bits per heavy atom. The molecule has 0 unspecified atom stereocenters. The summed E-state index contributed by atoms with van der Waals surface area (Å²) in [4.78, 5) is 15.5. The predicted molar refractivity (Wildman–Crippen MR) is 259 cm³/mol. The van der Waals surface area contributed by atoms with Crippen molar-refractivity contribution in [3.8, 4) is 51.2 Å². The summed E-state index contributed by atoms with van der Waals surface area (Å²) >= 11 is 0. The minimum absolute atomic E-state index is 0.609. The molecule has 294 valence electrons. The van der Waals surface area contributed by atoms with Gasteiger partial charge in [-0.1, -0.05) is 146 Å². The van der Waals surface area contributed by atoms with Gasteiger partial charge in [-0.2, -0.15) is 0 Å². The van der Waals surface area contributed by atoms with E-state index in [-0.39, 0.29) is 0 Å². The largest absolute Gasteiger partial charge is 0.309 e. The number of aromatic nitrogens is 6. The molecule has 0 spiro atoms. The molecule has 4 aromatic heterocycles. The van der Waals surface area contributed by atoms with E-state index < -0.39 is 0 Å². The normalized spacial score (nSPS) is 11.8. The standard InChI is InChI=1S/C57H36N6/c1-2-16-37(17-3-1)55-58-56(38-18-14-20-40(34-38)61-49-27-9-4-22-43(49)44-23-5-10-28-50(44)61)60-57(59-55)39-19-15-21-41(35-39)62-53-31-13-8-26-47(53)48-36-42(32-33-54(48)62)63-51-29-11-6-24-45(51)46-25-7-12-30-52(46)63/h1-36H. The van der Waals surface area contributed by atoms with E-state index in [1.807, 2.05) is 18.2 Å². The molecule has 0 bridgehead atoms. The van der Waals surface area contributed by atoms with Crippen molar-refractivity contribution in [2.75, 3.05) is 0 Å². The zero-order valence-electron chi connectivity index (χ0n) is 34.0. The van der Waals surface area contributed by atoms with E-state index in [0.717, 1.165) is 55.8 Å². The molecular formula is C57H36N6. The van der Waals surface area contributed by atoms with Crippen molar-refractivity contribution in [3.63, 3.8) is 0 Å². The van der Waals surface area contributed by atoms with Crippen molar-refractivity contribution < 1.29 is 0 Å². The molecule has 0 aliphatic heterocycles. The monoisotopic (exact) mass is 804 g/mol. The molecule has 13 aromatic rings. The van der Waals surface area contributed by atoms with Crippen LogP contribution in [0.25, 0.3) is 117 Å². The third kappa shape index (κ3) is 5.55. The van der Waals surface area contributed by atoms with E-state index in [9.17, 15) is 0 Å². The smallest absolute Gasteiger partial charge is 0.164 e. The number of hydrogen-bond acceptors (Lipinski definition) is 3. The van der Waals surface area contributed by atoms with Crippen LogP contribution in [-0.2, 0) is 0 Å². The van der Waals surface area contributed by atoms with Crippen LogP contribution in [0.5, 0.6) is 0 Å². The molecule has 13 rings (SSSR count). The second-order valence-corrected chi connectivity index (χ2v) is 16.1. The molecular weight excluding hydrogens is 769 g/mol. The van der Waals surface area contributed by atoms with Gasteiger partial charge >= 0.3 is 0 Å². The van der Waals surface area contributed by atoms with E-state index in [0.29, 0.717) is 17.5 Å². The van der Waals surface area contributed by atoms with Crippen LogP contribution >= 0.6 is 0 Å². The van der Waals surface area contributed by atoms with Crippen molar-refractivity contribution in [3.05, 3.63) is 218 Å². The molecule has 0 atom stereocenters. The van der Waals surface area contributed by atoms with E-state index >= 15 is 0 Å². The third-order valence-electron chi connectivity index (χ3n) is 12.5. The van der Waals surface area contributed by atoms with E-state index in [4.69, 9.17) is 15.0 Å². The summed E-state index contributed by atoms with van der Waals surface area (Å²) in [6.07, 6.45) is 0. The summed E-state index contributed by atoms with van der Waals surface area (Å²) in [5, 5.41) is 7.32. The summed E-state index contributed by atoms with van der Waals surface area (Å²) in [6.45, 7) is 0. The van der Waals surface area contributed by atoms with Gasteiger partial charge in [0.25, 0.3) is 0 Å². The maximum absolute atomic E-state index is 5.24. The van der Waals surface area contributed by atoms with Gasteiger partial charge in [-0.05, 0) is 72.8 Å². The lowest BCUT2D eigenvalue weighted by molar-refractivity contribution is 1.07. The highest BCUT2D eigenvalue weighted by molar-refractivity contribution is 6.12. The van der Waals surface area contributed by atoms with Gasteiger partial charge in [0, 0.05) is 66.1 Å². The first-order chi connectivity index (χ1) is 31.2. The van der Waals surface area contributed by atoms with Crippen molar-refractivity contribution in [1.29, 1.82) is 0 Å². The molecule has 63 heavy (non-hydrogen) atoms. The zero-order valence-corrected chi connectivity index (χ0v) is 34.0. The Hall–Kier alpha value is -8.61. The molecule has 0 saturated heterocycles. The van der Waals surface area contributed by atoms with Crippen LogP contribution in [0.4, 0.5) is 0 Å². The maximum Gasteiger partial charge on any atom is 0.164 e. The molecule has 0 radical (unpaired) electrons. The molecule has 0 fully saturated rings. The minimum Gasteiger partial charge on any atom is -0.309 e. The average Bonchev–Trinajstić information content (AvgIpc) is 4.00. The van der Waals surface area contributed by atoms with Crippen molar-refractivity contribution >= 4 is 65.4 Å². The first-order valence-corrected chi connectivity index (χ1v) is 21.3. The fourth-order valence-corrected chi connectivity index (χ4v) is 9.70. The SMILES string of the molecule is c1ccc(-c2nc(-c3cccc(-n4c5ccccc5c5ccccc54)c3)nc(-c3cccc(-n4c5ccccc5c5cc(-n6c7ccccc7c7ccccc76)ccc54)c3)n2)cc1. The maximum atomic E-state index is 5.24. The molecule has 6 nitrogen and oxygen atoms in total. The summed E-state index contributed by atoms with van der Waals surface area (Å²) in [5.74, 6) is 1.84. The molecule has 0 N–H and O–H groups in total. The van der Waals surface area contributed by atoms with Crippen LogP contribution in [0.1, 0.15) is 0 Å². The Bertz CT molecular complexity index is 3820. The van der Waals surface area contributed by atoms with E-state index in [2.05, 4.69) is 214 Å². The minimum atomic E-state index is 0.609. The Balaban J connectivity index is 0.965. The molecule has 0 saturated carbocycles. The van der Waals surface area contributed by atoms with Gasteiger partial charge in [0.2, 0.25) is 0 Å². The number of fused-ring (bicyclic) bond motifs is 9. The second kappa shape index (κ2) is 14.0. The number of benzene rings is 9. The van der Waals surface area contributed by atoms with Crippen LogP contribution in [-0.4, -0.2) is 28.7 Å². The van der Waals surface area contributed by atoms with Gasteiger partial charge < -0.3 is 13.7 Å². The Morgan fingerprint density at radius 1 is 0.222 bits per heavy atom. The van der Waals surface area contributed by atoms with Gasteiger partial charge in [0.15, 0.2) is 17.5 Å². The summed E-state index contributed by atoms with van der Waals surface area (Å²) in [5.41, 5.74) is 12.9. The van der Waals surface area contributed by atoms with Gasteiger partial charge in [0.05, 0.1) is 33.1 Å². The van der Waals surface area contributed by atoms with E-state index in [1.165, 1.54) is 43.4 Å². The predicted octanol–water partition coefficient (Wildman–Crippen LogP) is 14.2. The van der Waals surface area contributed by atoms with Crippen molar-refractivity contribution in [2.45, 2.75) is 0 Å². The van der Waals surface area contributed by atoms with Crippen molar-refractivity contribution in [1.82, 2.24) is 28.7 Å². The van der Waals surface area contributed by atoms with Crippen LogP contribution < -0.4 is 0 Å². The fourth-order valence-electron chi connectivity index (χ4n) is 9.70. The number of hydrogen-bond donors (Lipinski definition) is 0. The zero-order chi connectivity index (χ0) is 41.4. The second-order valence-electron chi connectivity index (χ2n) is 16.1. The summed E-state index contributed by atoms with van der Waals surface area (Å²) in [6, 6.07) is 77.3. The van der Waals surface area contributed by atoms with E-state index in [1.54, 1.807) is 0 Å². The fraction of sp³-hybridized carbons (Fsp3) is 0. The lowest BCUT2D eigenvalue weighted by Gasteiger charge is -2.13. The molecule has 0 aliphatic carbocycles. The Labute approximate surface area is 362 Å². The Morgan fingerprint density at radius 2 is 0.540 bits per heavy atom. The van der Waals surface area contributed by atoms with Crippen molar-refractivity contribution in [2.24, 2.45) is 0 Å². The molecule has 0 amide bonds. The highest BCUT2D eigenvalue weighted by atomic mass is 15.0. The molecule has 4 heterocycles. The van der Waals surface area contributed by atoms with Gasteiger partial charge in [-0.3, -0.25) is 0 Å². The highest BCUT2D eigenvalue weighted by Crippen LogP contribution is 2.38. The van der Waals surface area contributed by atoms with Crippen LogP contribution in [0, 0.1) is 0 Å². The average molecular weight is 805 g/mol. The van der Waals surface area contributed by atoms with Crippen LogP contribution in [0.2, 0.25) is 0 Å². The summed E-state index contributed by atoms with van der Waals surface area (Å²) < 4.78 is 7.08. The first kappa shape index (κ1) is 35.2. The van der Waals surface area contributed by atoms with Gasteiger partial charge in [-0.25, -0.2) is 15.0 Å². The quantitative estimate of drug-likeness (QED) is 0.168. The highest BCUT2D eigenvalue weighted by Gasteiger charge is 2.19. The lowest BCUT2D eigenvalue weighted by Crippen LogP contribution is -2.02. The lowest BCUT2D eigenvalue weighted by atomic mass is 10.1. The van der Waals surface area contributed by atoms with Gasteiger partial charge in [0.1, 0.15) is 0 Å². The number of nitrogens with zero attached hydrogens (tertiary/aromatic N) is 6.